The van der Waals surface area contributed by atoms with Gasteiger partial charge in [0.15, 0.2) is 11.5 Å². The van der Waals surface area contributed by atoms with Gasteiger partial charge < -0.3 is 35.3 Å². The van der Waals surface area contributed by atoms with Crippen molar-refractivity contribution in [3.63, 3.8) is 0 Å². The molecule has 0 aliphatic carbocycles. The number of fused-ring (bicyclic) bond motifs is 1. The number of carbonyl (C=O) groups is 2. The smallest absolute Gasteiger partial charge is 0.224 e. The Morgan fingerprint density at radius 3 is 2.61 bits per heavy atom. The minimum atomic E-state index is -0.196. The first-order chi connectivity index (χ1) is 15.9. The lowest BCUT2D eigenvalue weighted by Crippen LogP contribution is -2.23. The first-order valence-electron chi connectivity index (χ1n) is 10.9. The Kier molecular flexibility index (Phi) is 8.37. The van der Waals surface area contributed by atoms with Crippen molar-refractivity contribution in [2.24, 2.45) is 0 Å². The second-order valence-electron chi connectivity index (χ2n) is 7.70. The monoisotopic (exact) mass is 457 g/mol. The van der Waals surface area contributed by atoms with Gasteiger partial charge in [-0.1, -0.05) is 6.07 Å². The van der Waals surface area contributed by atoms with Crippen LogP contribution in [0.15, 0.2) is 24.3 Å². The molecule has 0 aromatic heterocycles. The number of phenols is 1. The number of benzene rings is 2. The van der Waals surface area contributed by atoms with E-state index < -0.39 is 0 Å². The van der Waals surface area contributed by atoms with E-state index in [0.29, 0.717) is 61.0 Å². The number of carbonyl (C=O) groups excluding carboxylic acids is 2. The minimum absolute atomic E-state index is 0.0732. The number of aromatic hydroxyl groups is 1. The summed E-state index contributed by atoms with van der Waals surface area (Å²) >= 11 is 0. The predicted octanol–water partition coefficient (Wildman–Crippen LogP) is 2.85. The maximum Gasteiger partial charge on any atom is 0.224 e. The van der Waals surface area contributed by atoms with Gasteiger partial charge in [0.05, 0.1) is 32.2 Å². The quantitative estimate of drug-likeness (QED) is 0.383. The molecule has 9 nitrogen and oxygen atoms in total. The summed E-state index contributed by atoms with van der Waals surface area (Å²) in [5.41, 5.74) is 2.88. The van der Waals surface area contributed by atoms with Crippen LogP contribution < -0.4 is 30.2 Å². The highest BCUT2D eigenvalue weighted by molar-refractivity contribution is 6.02. The number of amides is 2. The number of hydrogen-bond acceptors (Lipinski definition) is 7. The van der Waals surface area contributed by atoms with Crippen molar-refractivity contribution < 1.29 is 28.9 Å². The molecule has 0 saturated heterocycles. The van der Waals surface area contributed by atoms with Gasteiger partial charge in [0, 0.05) is 18.9 Å². The fraction of sp³-hybridized carbons (Fsp3) is 0.417. The van der Waals surface area contributed by atoms with Crippen LogP contribution in [-0.2, 0) is 22.4 Å². The average molecular weight is 458 g/mol. The molecule has 1 aliphatic rings. The molecule has 1 heterocycles. The van der Waals surface area contributed by atoms with Gasteiger partial charge in [-0.15, -0.1) is 0 Å². The van der Waals surface area contributed by atoms with Crippen LogP contribution in [0.25, 0.3) is 0 Å². The van der Waals surface area contributed by atoms with Crippen molar-refractivity contribution in [3.8, 4) is 23.0 Å². The Hall–Kier alpha value is -3.46. The normalized spacial score (nSPS) is 12.5. The number of rotatable bonds is 11. The number of phenolic OH excluding ortho intramolecular Hbond substituents is 1. The zero-order valence-electron chi connectivity index (χ0n) is 19.2. The number of ether oxygens (including phenoxy) is 3. The largest absolute Gasteiger partial charge is 0.504 e. The van der Waals surface area contributed by atoms with Gasteiger partial charge in [-0.2, -0.15) is 0 Å². The fourth-order valence-electron chi connectivity index (χ4n) is 3.77. The zero-order chi connectivity index (χ0) is 23.8. The lowest BCUT2D eigenvalue weighted by molar-refractivity contribution is -0.116. The maximum absolute atomic E-state index is 11.8. The Balaban J connectivity index is 1.47. The summed E-state index contributed by atoms with van der Waals surface area (Å²) in [6.45, 7) is 3.38. The maximum atomic E-state index is 11.8. The van der Waals surface area contributed by atoms with E-state index in [4.69, 9.17) is 14.2 Å². The van der Waals surface area contributed by atoms with Gasteiger partial charge in [-0.05, 0) is 56.1 Å². The van der Waals surface area contributed by atoms with Gasteiger partial charge in [0.1, 0.15) is 5.75 Å². The number of anilines is 2. The molecular formula is C24H31N3O6. The Bertz CT molecular complexity index is 1010. The second-order valence-corrected chi connectivity index (χ2v) is 7.70. The summed E-state index contributed by atoms with van der Waals surface area (Å²) in [7, 11) is 3.03. The van der Waals surface area contributed by atoms with Crippen molar-refractivity contribution in [1.29, 1.82) is 0 Å². The Labute approximate surface area is 193 Å². The molecule has 0 radical (unpaired) electrons. The molecular weight excluding hydrogens is 426 g/mol. The summed E-state index contributed by atoms with van der Waals surface area (Å²) in [4.78, 5) is 23.3. The number of hydrogen-bond donors (Lipinski definition) is 4. The van der Waals surface area contributed by atoms with Crippen LogP contribution in [0, 0.1) is 0 Å². The van der Waals surface area contributed by atoms with Gasteiger partial charge in [-0.25, -0.2) is 0 Å². The highest BCUT2D eigenvalue weighted by Crippen LogP contribution is 2.39. The van der Waals surface area contributed by atoms with Gasteiger partial charge in [-0.3, -0.25) is 9.59 Å². The highest BCUT2D eigenvalue weighted by atomic mass is 16.5. The van der Waals surface area contributed by atoms with Gasteiger partial charge >= 0.3 is 0 Å². The molecule has 0 atom stereocenters. The zero-order valence-corrected chi connectivity index (χ0v) is 19.2. The fourth-order valence-corrected chi connectivity index (χ4v) is 3.77. The van der Waals surface area contributed by atoms with Crippen LogP contribution in [0.5, 0.6) is 23.0 Å². The van der Waals surface area contributed by atoms with E-state index in [0.717, 1.165) is 24.1 Å². The summed E-state index contributed by atoms with van der Waals surface area (Å²) in [5.74, 6) is 1.38. The third-order valence-electron chi connectivity index (χ3n) is 5.38. The van der Waals surface area contributed by atoms with Crippen molar-refractivity contribution in [2.45, 2.75) is 32.6 Å². The first kappa shape index (κ1) is 24.2. The van der Waals surface area contributed by atoms with Crippen LogP contribution in [0.1, 0.15) is 30.9 Å². The van der Waals surface area contributed by atoms with Gasteiger partial charge in [0.25, 0.3) is 0 Å². The average Bonchev–Trinajstić information content (AvgIpc) is 2.79. The molecule has 4 N–H and O–H groups in total. The van der Waals surface area contributed by atoms with Crippen LogP contribution in [0.3, 0.4) is 0 Å². The summed E-state index contributed by atoms with van der Waals surface area (Å²) in [5, 5.41) is 19.3. The van der Waals surface area contributed by atoms with E-state index in [9.17, 15) is 14.7 Å². The molecule has 0 bridgehead atoms. The Morgan fingerprint density at radius 2 is 1.88 bits per heavy atom. The Morgan fingerprint density at radius 1 is 1.09 bits per heavy atom. The molecule has 0 fully saturated rings. The molecule has 3 rings (SSSR count). The predicted molar refractivity (Wildman–Crippen MR) is 126 cm³/mol. The van der Waals surface area contributed by atoms with Crippen LogP contribution in [0.4, 0.5) is 11.4 Å². The standard InChI is InChI=1S/C24H31N3O6/c1-15(28)26-18-7-9-19(17-6-10-21(29)27-22(17)18)33-14-4-12-25-13-11-16-5-8-20(31-2)24(32-3)23(16)30/h5,7-9,25,30H,4,6,10-14H2,1-3H3,(H,26,28)(H,27,29). The lowest BCUT2D eigenvalue weighted by Gasteiger charge is -2.23. The minimum Gasteiger partial charge on any atom is -0.504 e. The first-order valence-corrected chi connectivity index (χ1v) is 10.9. The third-order valence-corrected chi connectivity index (χ3v) is 5.38. The number of nitrogens with one attached hydrogen (secondary N) is 3. The van der Waals surface area contributed by atoms with Gasteiger partial charge in [0.2, 0.25) is 17.6 Å². The SMILES string of the molecule is COc1ccc(CCNCCCOc2ccc(NC(C)=O)c3c2CCC(=O)N3)c(O)c1OC. The van der Waals surface area contributed by atoms with Crippen molar-refractivity contribution in [2.75, 3.05) is 44.5 Å². The van der Waals surface area contributed by atoms with E-state index in [1.54, 1.807) is 12.1 Å². The van der Waals surface area contributed by atoms with E-state index >= 15 is 0 Å². The molecule has 1 aliphatic heterocycles. The molecule has 33 heavy (non-hydrogen) atoms. The summed E-state index contributed by atoms with van der Waals surface area (Å²) in [6.07, 6.45) is 2.38. The van der Waals surface area contributed by atoms with E-state index in [1.165, 1.54) is 21.1 Å². The van der Waals surface area contributed by atoms with E-state index in [2.05, 4.69) is 16.0 Å². The van der Waals surface area contributed by atoms with Crippen LogP contribution >= 0.6 is 0 Å². The second kappa shape index (κ2) is 11.4. The number of methoxy groups -OCH3 is 2. The van der Waals surface area contributed by atoms with Crippen molar-refractivity contribution in [1.82, 2.24) is 5.32 Å². The van der Waals surface area contributed by atoms with Crippen LogP contribution in [0.2, 0.25) is 0 Å². The molecule has 2 amide bonds. The summed E-state index contributed by atoms with van der Waals surface area (Å²) < 4.78 is 16.4. The molecule has 9 heteroatoms. The molecule has 0 saturated carbocycles. The summed E-state index contributed by atoms with van der Waals surface area (Å²) in [6, 6.07) is 7.18. The third kappa shape index (κ3) is 6.07. The topological polar surface area (TPSA) is 118 Å². The molecule has 2 aromatic rings. The van der Waals surface area contributed by atoms with Crippen LogP contribution in [-0.4, -0.2) is 50.8 Å². The van der Waals surface area contributed by atoms with E-state index in [1.807, 2.05) is 12.1 Å². The molecule has 178 valence electrons. The highest BCUT2D eigenvalue weighted by Gasteiger charge is 2.22. The molecule has 0 spiro atoms. The molecule has 2 aromatic carbocycles. The van der Waals surface area contributed by atoms with Crippen molar-refractivity contribution in [3.05, 3.63) is 35.4 Å². The van der Waals surface area contributed by atoms with Crippen molar-refractivity contribution >= 4 is 23.2 Å². The lowest BCUT2D eigenvalue weighted by atomic mass is 10.0. The van der Waals surface area contributed by atoms with E-state index in [-0.39, 0.29) is 17.6 Å². The molecule has 0 unspecified atom stereocenters.